The van der Waals surface area contributed by atoms with E-state index in [1.54, 1.807) is 36.1 Å². The largest absolute Gasteiger partial charge is 0.441 e. The van der Waals surface area contributed by atoms with Crippen molar-refractivity contribution in [3.05, 3.63) is 96.1 Å². The lowest BCUT2D eigenvalue weighted by Gasteiger charge is -2.39. The number of ether oxygens (including phenoxy) is 3. The molecular formula is C50H76N6O9S. The van der Waals surface area contributed by atoms with Crippen LogP contribution in [0.25, 0.3) is 0 Å². The Kier molecular flexibility index (Phi) is 20.8. The number of alkyl carbamates (subject to hydrolysis) is 1. The Hall–Kier alpha value is -3.97. The molecule has 16 heteroatoms. The van der Waals surface area contributed by atoms with Crippen molar-refractivity contribution < 1.29 is 43.1 Å². The van der Waals surface area contributed by atoms with Gasteiger partial charge in [-0.15, -0.1) is 0 Å². The zero-order valence-electron chi connectivity index (χ0n) is 39.9. The van der Waals surface area contributed by atoms with E-state index in [1.165, 1.54) is 0 Å². The van der Waals surface area contributed by atoms with E-state index in [-0.39, 0.29) is 43.8 Å². The Morgan fingerprint density at radius 1 is 1.00 bits per heavy atom. The average Bonchev–Trinajstić information content (AvgIpc) is 3.72. The van der Waals surface area contributed by atoms with Crippen LogP contribution in [0.3, 0.4) is 0 Å². The van der Waals surface area contributed by atoms with Crippen molar-refractivity contribution in [2.45, 2.75) is 140 Å². The maximum Gasteiger partial charge on any atom is 0.407 e. The topological polar surface area (TPSA) is 197 Å². The number of hydrogen-bond acceptors (Lipinski definition) is 12. The molecule has 0 aliphatic carbocycles. The highest BCUT2D eigenvalue weighted by molar-refractivity contribution is 7.82. The number of carbonyl (C=O) groups excluding carboxylic acids is 2. The Labute approximate surface area is 395 Å². The molecule has 8 atom stereocenters. The summed E-state index contributed by atoms with van der Waals surface area (Å²) in [5.74, 6) is -0.0323. The third kappa shape index (κ3) is 16.1. The van der Waals surface area contributed by atoms with Gasteiger partial charge in [-0.1, -0.05) is 95.3 Å². The van der Waals surface area contributed by atoms with Gasteiger partial charge in [0.2, 0.25) is 0 Å². The first-order valence-corrected chi connectivity index (χ1v) is 24.8. The van der Waals surface area contributed by atoms with E-state index < -0.39 is 52.5 Å². The molecule has 2 aliphatic rings. The molecule has 0 bridgehead atoms. The van der Waals surface area contributed by atoms with Crippen molar-refractivity contribution in [1.29, 1.82) is 0 Å². The summed E-state index contributed by atoms with van der Waals surface area (Å²) in [5, 5.41) is 29.1. The number of nitrogens with one attached hydrogen (secondary N) is 3. The third-order valence-corrected chi connectivity index (χ3v) is 14.0. The second-order valence-corrected chi connectivity index (χ2v) is 20.5. The van der Waals surface area contributed by atoms with Gasteiger partial charge in [0, 0.05) is 37.9 Å². The number of hydroxylamine groups is 1. The van der Waals surface area contributed by atoms with Crippen molar-refractivity contribution in [3.8, 4) is 0 Å². The van der Waals surface area contributed by atoms with Crippen LogP contribution in [0.2, 0.25) is 0 Å². The van der Waals surface area contributed by atoms with Crippen molar-refractivity contribution in [1.82, 2.24) is 25.3 Å². The van der Waals surface area contributed by atoms with Crippen molar-refractivity contribution in [3.63, 3.8) is 0 Å². The van der Waals surface area contributed by atoms with Gasteiger partial charge in [-0.25, -0.2) is 13.3 Å². The maximum absolute atomic E-state index is 13.9. The summed E-state index contributed by atoms with van der Waals surface area (Å²) in [4.78, 5) is 35.3. The van der Waals surface area contributed by atoms with Crippen LogP contribution in [-0.4, -0.2) is 124 Å². The van der Waals surface area contributed by atoms with Gasteiger partial charge < -0.3 is 45.7 Å². The highest BCUT2D eigenvalue weighted by Gasteiger charge is 2.49. The number of aliphatic hydroxyl groups is 2. The van der Waals surface area contributed by atoms with Crippen molar-refractivity contribution in [2.24, 2.45) is 11.3 Å². The lowest BCUT2D eigenvalue weighted by molar-refractivity contribution is -0.156. The summed E-state index contributed by atoms with van der Waals surface area (Å²) >= 11 is 0. The minimum Gasteiger partial charge on any atom is -0.441 e. The lowest BCUT2D eigenvalue weighted by atomic mass is 9.83. The Bertz CT molecular complexity index is 1930. The van der Waals surface area contributed by atoms with Gasteiger partial charge in [0.25, 0.3) is 5.91 Å². The summed E-state index contributed by atoms with van der Waals surface area (Å²) < 4.78 is 34.5. The van der Waals surface area contributed by atoms with Crippen molar-refractivity contribution in [2.75, 3.05) is 51.7 Å². The van der Waals surface area contributed by atoms with Crippen LogP contribution in [0.15, 0.2) is 89.8 Å². The van der Waals surface area contributed by atoms with Gasteiger partial charge in [0.05, 0.1) is 24.7 Å². The number of likely N-dealkylation sites (tertiary alicyclic amines) is 1. The van der Waals surface area contributed by atoms with E-state index >= 15 is 0 Å². The van der Waals surface area contributed by atoms with Gasteiger partial charge in [0.1, 0.15) is 41.1 Å². The Balaban J connectivity index is 1.17. The van der Waals surface area contributed by atoms with Crippen LogP contribution in [0.5, 0.6) is 0 Å². The van der Waals surface area contributed by atoms with Crippen LogP contribution >= 0.6 is 0 Å². The minimum absolute atomic E-state index is 0.0208. The number of benzene rings is 3. The number of anilines is 1. The van der Waals surface area contributed by atoms with Crippen molar-refractivity contribution >= 4 is 28.7 Å². The fourth-order valence-corrected chi connectivity index (χ4v) is 9.56. The molecule has 7 N–H and O–H groups in total. The first-order chi connectivity index (χ1) is 31.6. The van der Waals surface area contributed by atoms with Crippen LogP contribution in [-0.2, 0) is 47.9 Å². The molecular weight excluding hydrogens is 861 g/mol. The van der Waals surface area contributed by atoms with Gasteiger partial charge in [-0.05, 0) is 105 Å². The SMILES string of the molecule is CCC(C)(C)C(O)C(=O)N1CCCCC1NOCCCNCC(C)(O)C1OCC(OC(=O)NC(CCN(CC(C)C)S(=O)c2ccc(N)cc2)Cc2ccccc2)C1OCc1ccccc1. The molecule has 2 fully saturated rings. The number of nitrogen functional groups attached to an aromatic ring is 1. The second kappa shape index (κ2) is 26.0. The van der Waals surface area contributed by atoms with E-state index in [9.17, 15) is 24.0 Å². The fourth-order valence-electron chi connectivity index (χ4n) is 8.19. The lowest BCUT2D eigenvalue weighted by Crippen LogP contribution is -2.56. The number of nitrogens with zero attached hydrogens (tertiary/aromatic N) is 2. The quantitative estimate of drug-likeness (QED) is 0.0326. The molecule has 2 saturated heterocycles. The monoisotopic (exact) mass is 937 g/mol. The van der Waals surface area contributed by atoms with Gasteiger partial charge in [0.15, 0.2) is 6.10 Å². The van der Waals surface area contributed by atoms with Gasteiger partial charge in [-0.2, -0.15) is 5.48 Å². The first kappa shape index (κ1) is 53.0. The molecule has 2 aliphatic heterocycles. The Morgan fingerprint density at radius 2 is 1.68 bits per heavy atom. The molecule has 66 heavy (non-hydrogen) atoms. The maximum atomic E-state index is 13.9. The molecule has 15 nitrogen and oxygen atoms in total. The molecule has 2 amide bonds. The minimum atomic E-state index is -1.43. The number of piperidine rings is 1. The molecule has 3 aromatic carbocycles. The fraction of sp³-hybridized carbons (Fsp3) is 0.600. The zero-order chi connectivity index (χ0) is 47.7. The molecule has 0 aromatic heterocycles. The predicted octanol–water partition coefficient (Wildman–Crippen LogP) is 5.72. The van der Waals surface area contributed by atoms with E-state index in [0.29, 0.717) is 69.1 Å². The van der Waals surface area contributed by atoms with Crippen LogP contribution in [0, 0.1) is 11.3 Å². The van der Waals surface area contributed by atoms with Gasteiger partial charge in [-0.3, -0.25) is 9.63 Å². The number of carbonyl (C=O) groups is 2. The average molecular weight is 937 g/mol. The second-order valence-electron chi connectivity index (χ2n) is 19.0. The van der Waals surface area contributed by atoms with E-state index in [4.69, 9.17) is 24.8 Å². The zero-order valence-corrected chi connectivity index (χ0v) is 40.7. The molecule has 8 unspecified atom stereocenters. The molecule has 0 radical (unpaired) electrons. The van der Waals surface area contributed by atoms with E-state index in [1.807, 2.05) is 85.7 Å². The summed E-state index contributed by atoms with van der Waals surface area (Å²) in [7, 11) is -1.43. The highest BCUT2D eigenvalue weighted by Crippen LogP contribution is 2.31. The van der Waals surface area contributed by atoms with Crippen LogP contribution in [0.1, 0.15) is 91.2 Å². The Morgan fingerprint density at radius 3 is 2.35 bits per heavy atom. The molecule has 2 heterocycles. The van der Waals surface area contributed by atoms with E-state index in [2.05, 4.69) is 30.0 Å². The van der Waals surface area contributed by atoms with Gasteiger partial charge >= 0.3 is 6.09 Å². The predicted molar refractivity (Wildman–Crippen MR) is 257 cm³/mol. The summed E-state index contributed by atoms with van der Waals surface area (Å²) in [6.07, 6.45) is 0.374. The third-order valence-electron chi connectivity index (χ3n) is 12.5. The van der Waals surface area contributed by atoms with Crippen LogP contribution in [0.4, 0.5) is 10.5 Å². The standard InChI is InChI=1S/C50H76N6O9S/c1-7-49(4,5)45(57)47(58)56-28-15-14-21-43(56)54-64-30-16-27-52-35-50(6,60)46-44(62-33-38-19-12-9-13-20-38)42(34-63-46)65-48(59)53-40(31-37-17-10-8-11-18-37)26-29-55(32-36(2)3)66(61)41-24-22-39(51)23-25-41/h8-13,17-20,22-25,36,40,42-46,52,54,57,60H,7,14-16,21,26-35,51H2,1-6H3,(H,53,59). The molecule has 5 rings (SSSR count). The number of amides is 2. The normalized spacial score (nSPS) is 21.3. The number of hydrogen-bond donors (Lipinski definition) is 6. The number of rotatable bonds is 26. The first-order valence-electron chi connectivity index (χ1n) is 23.7. The summed E-state index contributed by atoms with van der Waals surface area (Å²) in [6, 6.07) is 26.3. The highest BCUT2D eigenvalue weighted by atomic mass is 32.2. The summed E-state index contributed by atoms with van der Waals surface area (Å²) in [6.45, 7) is 14.5. The van der Waals surface area contributed by atoms with Crippen LogP contribution < -0.4 is 21.8 Å². The summed E-state index contributed by atoms with van der Waals surface area (Å²) in [5.41, 5.74) is 9.57. The molecule has 3 aromatic rings. The molecule has 0 spiro atoms. The number of aliphatic hydroxyl groups excluding tert-OH is 1. The van der Waals surface area contributed by atoms with E-state index in [0.717, 1.165) is 30.4 Å². The smallest absolute Gasteiger partial charge is 0.407 e. The molecule has 0 saturated carbocycles. The number of nitrogens with two attached hydrogens (primary N) is 1. The molecule has 366 valence electrons.